The van der Waals surface area contributed by atoms with E-state index in [9.17, 15) is 9.90 Å². The summed E-state index contributed by atoms with van der Waals surface area (Å²) in [6.45, 7) is 5.98. The number of nitrogens with one attached hydrogen (secondary N) is 1. The predicted octanol–water partition coefficient (Wildman–Crippen LogP) is 1.43. The van der Waals surface area contributed by atoms with Gasteiger partial charge in [-0.25, -0.2) is 4.79 Å². The van der Waals surface area contributed by atoms with Gasteiger partial charge in [-0.05, 0) is 52.5 Å². The highest BCUT2D eigenvalue weighted by molar-refractivity contribution is 5.74. The zero-order chi connectivity index (χ0) is 17.2. The number of carbonyl (C=O) groups is 1. The second-order valence-electron chi connectivity index (χ2n) is 8.22. The fourth-order valence-electron chi connectivity index (χ4n) is 4.40. The minimum absolute atomic E-state index is 0.109. The first-order valence-electron chi connectivity index (χ1n) is 9.49. The molecule has 3 fully saturated rings. The van der Waals surface area contributed by atoms with Crippen molar-refractivity contribution in [2.75, 3.05) is 39.9 Å². The van der Waals surface area contributed by atoms with E-state index in [1.165, 1.54) is 12.8 Å². The number of nitrogens with zero attached hydrogens (tertiary/aromatic N) is 2. The molecule has 6 nitrogen and oxygen atoms in total. The van der Waals surface area contributed by atoms with Crippen molar-refractivity contribution in [3.05, 3.63) is 0 Å². The molecule has 1 unspecified atom stereocenters. The Hall–Kier alpha value is -0.850. The van der Waals surface area contributed by atoms with Crippen molar-refractivity contribution in [3.63, 3.8) is 0 Å². The van der Waals surface area contributed by atoms with Crippen LogP contribution in [0.1, 0.15) is 45.4 Å². The van der Waals surface area contributed by atoms with E-state index >= 15 is 0 Å². The third-order valence-corrected chi connectivity index (χ3v) is 6.12. The molecule has 0 aromatic rings. The third kappa shape index (κ3) is 4.21. The zero-order valence-corrected chi connectivity index (χ0v) is 15.2. The molecule has 6 heteroatoms. The van der Waals surface area contributed by atoms with Crippen molar-refractivity contribution in [1.82, 2.24) is 15.1 Å². The lowest BCUT2D eigenvalue weighted by Gasteiger charge is -2.46. The van der Waals surface area contributed by atoms with Gasteiger partial charge in [0.25, 0.3) is 0 Å². The number of carbonyl (C=O) groups excluding carboxylic acids is 1. The molecule has 0 radical (unpaired) electrons. The van der Waals surface area contributed by atoms with E-state index in [1.807, 2.05) is 11.8 Å². The maximum atomic E-state index is 12.5. The van der Waals surface area contributed by atoms with Crippen LogP contribution in [-0.4, -0.2) is 79.0 Å². The molecular weight excluding hydrogens is 306 g/mol. The number of hydrogen-bond donors (Lipinski definition) is 2. The molecule has 0 aromatic heterocycles. The number of likely N-dealkylation sites (tertiary alicyclic amines) is 1. The van der Waals surface area contributed by atoms with Gasteiger partial charge in [0.2, 0.25) is 0 Å². The number of amides is 2. The van der Waals surface area contributed by atoms with Crippen LogP contribution in [0, 0.1) is 5.41 Å². The molecule has 2 aliphatic heterocycles. The van der Waals surface area contributed by atoms with Crippen LogP contribution in [0.4, 0.5) is 4.79 Å². The largest absolute Gasteiger partial charge is 0.392 e. The number of rotatable bonds is 4. The smallest absolute Gasteiger partial charge is 0.317 e. The van der Waals surface area contributed by atoms with Crippen molar-refractivity contribution in [2.45, 2.75) is 63.6 Å². The fraction of sp³-hybridized carbons (Fsp3) is 0.944. The summed E-state index contributed by atoms with van der Waals surface area (Å²) >= 11 is 0. The molecule has 24 heavy (non-hydrogen) atoms. The van der Waals surface area contributed by atoms with Crippen molar-refractivity contribution < 1.29 is 14.6 Å². The Kier molecular flexibility index (Phi) is 5.67. The number of aliphatic hydroxyl groups excluding tert-OH is 1. The predicted molar refractivity (Wildman–Crippen MR) is 92.9 cm³/mol. The van der Waals surface area contributed by atoms with Gasteiger partial charge in [0.1, 0.15) is 0 Å². The molecule has 2 amide bonds. The lowest BCUT2D eigenvalue weighted by molar-refractivity contribution is -0.133. The molecule has 1 aliphatic carbocycles. The average Bonchev–Trinajstić information content (AvgIpc) is 2.53. The molecule has 1 atom stereocenters. The Balaban J connectivity index is 1.38. The van der Waals surface area contributed by atoms with Crippen molar-refractivity contribution in [3.8, 4) is 0 Å². The summed E-state index contributed by atoms with van der Waals surface area (Å²) in [5.41, 5.74) is 0.438. The first-order valence-corrected chi connectivity index (χ1v) is 9.49. The van der Waals surface area contributed by atoms with Crippen molar-refractivity contribution >= 4 is 6.03 Å². The minimum Gasteiger partial charge on any atom is -0.392 e. The van der Waals surface area contributed by atoms with E-state index in [2.05, 4.69) is 17.3 Å². The Labute approximate surface area is 145 Å². The zero-order valence-electron chi connectivity index (χ0n) is 15.2. The second-order valence-corrected chi connectivity index (χ2v) is 8.22. The molecule has 3 aliphatic rings. The van der Waals surface area contributed by atoms with Gasteiger partial charge in [-0.2, -0.15) is 0 Å². The Morgan fingerprint density at radius 1 is 1.29 bits per heavy atom. The van der Waals surface area contributed by atoms with E-state index < -0.39 is 0 Å². The molecule has 2 saturated heterocycles. The summed E-state index contributed by atoms with van der Waals surface area (Å²) in [6.07, 6.45) is 6.22. The molecule has 1 saturated carbocycles. The first kappa shape index (κ1) is 18.0. The van der Waals surface area contributed by atoms with Crippen LogP contribution in [0.2, 0.25) is 0 Å². The molecule has 0 bridgehead atoms. The van der Waals surface area contributed by atoms with E-state index in [-0.39, 0.29) is 12.1 Å². The molecule has 2 heterocycles. The lowest BCUT2D eigenvalue weighted by atomic mass is 9.71. The summed E-state index contributed by atoms with van der Waals surface area (Å²) in [7, 11) is 2.06. The molecular formula is C18H33N3O3. The summed E-state index contributed by atoms with van der Waals surface area (Å²) in [6, 6.07) is 0.911. The van der Waals surface area contributed by atoms with Crippen LogP contribution in [0.5, 0.6) is 0 Å². The van der Waals surface area contributed by atoms with Gasteiger partial charge in [0.05, 0.1) is 19.3 Å². The monoisotopic (exact) mass is 339 g/mol. The quantitative estimate of drug-likeness (QED) is 0.813. The van der Waals surface area contributed by atoms with Gasteiger partial charge in [0, 0.05) is 37.1 Å². The number of hydrogen-bond acceptors (Lipinski definition) is 4. The van der Waals surface area contributed by atoms with Crippen LogP contribution < -0.4 is 5.32 Å². The van der Waals surface area contributed by atoms with Crippen LogP contribution in [0.15, 0.2) is 0 Å². The van der Waals surface area contributed by atoms with Gasteiger partial charge in [-0.3, -0.25) is 0 Å². The SMILES string of the molecule is CC(O)CN(C)C1CCN(C(=O)NC2CCC3(CC2)COC3)CC1. The highest BCUT2D eigenvalue weighted by atomic mass is 16.5. The van der Waals surface area contributed by atoms with Gasteiger partial charge >= 0.3 is 6.03 Å². The van der Waals surface area contributed by atoms with E-state index in [4.69, 9.17) is 4.74 Å². The molecule has 3 rings (SSSR count). The summed E-state index contributed by atoms with van der Waals surface area (Å²) < 4.78 is 5.37. The van der Waals surface area contributed by atoms with Gasteiger partial charge < -0.3 is 25.0 Å². The fourth-order valence-corrected chi connectivity index (χ4v) is 4.40. The van der Waals surface area contributed by atoms with Crippen LogP contribution >= 0.6 is 0 Å². The summed E-state index contributed by atoms with van der Waals surface area (Å²) in [5, 5.41) is 12.8. The van der Waals surface area contributed by atoms with Gasteiger partial charge in [0.15, 0.2) is 0 Å². The molecule has 1 spiro atoms. The average molecular weight is 339 g/mol. The lowest BCUT2D eigenvalue weighted by Crippen LogP contribution is -2.53. The van der Waals surface area contributed by atoms with Crippen molar-refractivity contribution in [2.24, 2.45) is 5.41 Å². The highest BCUT2D eigenvalue weighted by Gasteiger charge is 2.42. The van der Waals surface area contributed by atoms with Gasteiger partial charge in [-0.1, -0.05) is 0 Å². The first-order chi connectivity index (χ1) is 11.5. The number of urea groups is 1. The molecule has 138 valence electrons. The second kappa shape index (κ2) is 7.58. The topological polar surface area (TPSA) is 65.0 Å². The molecule has 0 aromatic carbocycles. The molecule has 2 N–H and O–H groups in total. The number of piperidine rings is 1. The van der Waals surface area contributed by atoms with Crippen LogP contribution in [-0.2, 0) is 4.74 Å². The Morgan fingerprint density at radius 2 is 1.92 bits per heavy atom. The summed E-state index contributed by atoms with van der Waals surface area (Å²) in [5.74, 6) is 0. The van der Waals surface area contributed by atoms with Crippen LogP contribution in [0.25, 0.3) is 0 Å². The number of aliphatic hydroxyl groups is 1. The summed E-state index contributed by atoms with van der Waals surface area (Å²) in [4.78, 5) is 16.7. The van der Waals surface area contributed by atoms with E-state index in [1.54, 1.807) is 0 Å². The van der Waals surface area contributed by atoms with E-state index in [0.717, 1.165) is 52.0 Å². The minimum atomic E-state index is -0.299. The van der Waals surface area contributed by atoms with Gasteiger partial charge in [-0.15, -0.1) is 0 Å². The standard InChI is InChI=1S/C18H33N3O3/c1-14(22)11-20(2)16-5-9-21(10-6-16)17(23)19-15-3-7-18(8-4-15)12-24-13-18/h14-16,22H,3-13H2,1-2H3,(H,19,23). The maximum Gasteiger partial charge on any atom is 0.317 e. The van der Waals surface area contributed by atoms with E-state index in [0.29, 0.717) is 24.0 Å². The Bertz CT molecular complexity index is 421. The number of ether oxygens (including phenoxy) is 1. The normalized spacial score (nSPS) is 26.4. The highest BCUT2D eigenvalue weighted by Crippen LogP contribution is 2.42. The third-order valence-electron chi connectivity index (χ3n) is 6.12. The maximum absolute atomic E-state index is 12.5. The Morgan fingerprint density at radius 3 is 2.42 bits per heavy atom. The number of likely N-dealkylation sites (N-methyl/N-ethyl adjacent to an activating group) is 1. The van der Waals surface area contributed by atoms with Crippen molar-refractivity contribution in [1.29, 1.82) is 0 Å². The van der Waals surface area contributed by atoms with Crippen LogP contribution in [0.3, 0.4) is 0 Å².